The lowest BCUT2D eigenvalue weighted by molar-refractivity contribution is -0.384. The van der Waals surface area contributed by atoms with Crippen LogP contribution >= 0.6 is 15.9 Å². The number of nitro groups is 1. The first-order chi connectivity index (χ1) is 13.9. The van der Waals surface area contributed by atoms with Crippen molar-refractivity contribution in [3.8, 4) is 0 Å². The van der Waals surface area contributed by atoms with Crippen molar-refractivity contribution in [2.75, 3.05) is 13.1 Å². The molecule has 1 N–H and O–H groups in total. The van der Waals surface area contributed by atoms with Gasteiger partial charge in [0.15, 0.2) is 0 Å². The summed E-state index contributed by atoms with van der Waals surface area (Å²) in [7, 11) is 0. The molecule has 0 radical (unpaired) electrons. The van der Waals surface area contributed by atoms with E-state index in [1.54, 1.807) is 41.3 Å². The lowest BCUT2D eigenvalue weighted by atomic mass is 10.1. The number of hydrogen-bond acceptors (Lipinski definition) is 4. The topological polar surface area (TPSA) is 92.5 Å². The molecule has 0 bridgehead atoms. The van der Waals surface area contributed by atoms with Crippen LogP contribution in [0.25, 0.3) is 6.08 Å². The van der Waals surface area contributed by atoms with E-state index in [2.05, 4.69) is 21.2 Å². The summed E-state index contributed by atoms with van der Waals surface area (Å²) in [6, 6.07) is 12.7. The standard InChI is InChI=1S/C21H20BrN3O4/c22-17-6-4-5-16(14-17)20(26)23-19(21(27)24-11-2-1-3-12-24)13-15-7-9-18(10-8-15)25(28)29/h4-10,13-14H,1-3,11-12H2,(H,23,26). The number of carbonyl (C=O) groups excluding carboxylic acids is 2. The highest BCUT2D eigenvalue weighted by atomic mass is 79.9. The van der Waals surface area contributed by atoms with Crippen LogP contribution in [0, 0.1) is 10.1 Å². The SMILES string of the molecule is O=C(NC(=Cc1ccc([N+](=O)[O-])cc1)C(=O)N1CCCCC1)c1cccc(Br)c1. The summed E-state index contributed by atoms with van der Waals surface area (Å²) < 4.78 is 0.758. The minimum Gasteiger partial charge on any atom is -0.337 e. The summed E-state index contributed by atoms with van der Waals surface area (Å²) in [4.78, 5) is 37.8. The van der Waals surface area contributed by atoms with Gasteiger partial charge in [0, 0.05) is 35.3 Å². The molecule has 1 saturated heterocycles. The number of halogens is 1. The molecule has 0 unspecified atom stereocenters. The van der Waals surface area contributed by atoms with Gasteiger partial charge in [-0.1, -0.05) is 22.0 Å². The normalized spacial score (nSPS) is 14.4. The van der Waals surface area contributed by atoms with E-state index < -0.39 is 10.8 Å². The van der Waals surface area contributed by atoms with Gasteiger partial charge in [-0.05, 0) is 61.2 Å². The number of non-ortho nitro benzene ring substituents is 1. The fourth-order valence-corrected chi connectivity index (χ4v) is 3.50. The molecule has 2 aromatic rings. The Morgan fingerprint density at radius 3 is 2.38 bits per heavy atom. The minimum absolute atomic E-state index is 0.0378. The van der Waals surface area contributed by atoms with Crippen LogP contribution in [0.15, 0.2) is 58.7 Å². The molecule has 0 aromatic heterocycles. The number of piperidine rings is 1. The van der Waals surface area contributed by atoms with E-state index in [1.165, 1.54) is 12.1 Å². The highest BCUT2D eigenvalue weighted by molar-refractivity contribution is 9.10. The zero-order chi connectivity index (χ0) is 20.8. The summed E-state index contributed by atoms with van der Waals surface area (Å²) in [5.41, 5.74) is 1.11. The molecular formula is C21H20BrN3O4. The number of nitro benzene ring substituents is 1. The Kier molecular flexibility index (Phi) is 6.77. The van der Waals surface area contributed by atoms with Gasteiger partial charge in [0.25, 0.3) is 17.5 Å². The number of likely N-dealkylation sites (tertiary alicyclic amines) is 1. The van der Waals surface area contributed by atoms with Crippen molar-refractivity contribution in [1.29, 1.82) is 0 Å². The number of hydrogen-bond donors (Lipinski definition) is 1. The number of benzene rings is 2. The lowest BCUT2D eigenvalue weighted by Crippen LogP contribution is -2.41. The number of nitrogens with one attached hydrogen (secondary N) is 1. The Morgan fingerprint density at radius 1 is 1.07 bits per heavy atom. The summed E-state index contributed by atoms with van der Waals surface area (Å²) in [5, 5.41) is 13.6. The van der Waals surface area contributed by atoms with Gasteiger partial charge in [0.1, 0.15) is 5.70 Å². The molecule has 7 nitrogen and oxygen atoms in total. The largest absolute Gasteiger partial charge is 0.337 e. The van der Waals surface area contributed by atoms with Crippen LogP contribution in [0.4, 0.5) is 5.69 Å². The van der Waals surface area contributed by atoms with Crippen molar-refractivity contribution in [1.82, 2.24) is 10.2 Å². The highest BCUT2D eigenvalue weighted by Gasteiger charge is 2.22. The van der Waals surface area contributed by atoms with Gasteiger partial charge in [-0.25, -0.2) is 0 Å². The van der Waals surface area contributed by atoms with Crippen LogP contribution in [0.1, 0.15) is 35.2 Å². The van der Waals surface area contributed by atoms with Gasteiger partial charge < -0.3 is 10.2 Å². The zero-order valence-corrected chi connectivity index (χ0v) is 17.2. The number of rotatable bonds is 5. The Morgan fingerprint density at radius 2 is 1.76 bits per heavy atom. The fraction of sp³-hybridized carbons (Fsp3) is 0.238. The van der Waals surface area contributed by atoms with Crippen LogP contribution < -0.4 is 5.32 Å². The maximum atomic E-state index is 13.0. The van der Waals surface area contributed by atoms with Crippen LogP contribution in [0.2, 0.25) is 0 Å². The Balaban J connectivity index is 1.89. The van der Waals surface area contributed by atoms with E-state index in [1.807, 2.05) is 6.07 Å². The van der Waals surface area contributed by atoms with Crippen molar-refractivity contribution >= 4 is 39.5 Å². The maximum absolute atomic E-state index is 13.0. The van der Waals surface area contributed by atoms with Crippen LogP contribution in [0.3, 0.4) is 0 Å². The van der Waals surface area contributed by atoms with Gasteiger partial charge in [0.2, 0.25) is 0 Å². The number of amides is 2. The molecule has 0 aliphatic carbocycles. The van der Waals surface area contributed by atoms with Gasteiger partial charge in [0.05, 0.1) is 4.92 Å². The molecule has 1 heterocycles. The van der Waals surface area contributed by atoms with Crippen LogP contribution in [-0.2, 0) is 4.79 Å². The summed E-state index contributed by atoms with van der Waals surface area (Å²) in [6.45, 7) is 1.28. The Bertz CT molecular complexity index is 951. The molecule has 3 rings (SSSR count). The second kappa shape index (κ2) is 9.47. The third kappa shape index (κ3) is 5.51. The highest BCUT2D eigenvalue weighted by Crippen LogP contribution is 2.18. The van der Waals surface area contributed by atoms with Gasteiger partial charge in [-0.2, -0.15) is 0 Å². The van der Waals surface area contributed by atoms with E-state index in [-0.39, 0.29) is 17.3 Å². The molecule has 29 heavy (non-hydrogen) atoms. The molecule has 2 aromatic carbocycles. The molecule has 1 aliphatic heterocycles. The minimum atomic E-state index is -0.484. The molecule has 8 heteroatoms. The van der Waals surface area contributed by atoms with Crippen molar-refractivity contribution in [3.05, 3.63) is 79.9 Å². The summed E-state index contributed by atoms with van der Waals surface area (Å²) in [6.07, 6.45) is 4.48. The van der Waals surface area contributed by atoms with E-state index in [0.717, 1.165) is 23.7 Å². The second-order valence-electron chi connectivity index (χ2n) is 6.72. The number of nitrogens with zero attached hydrogens (tertiary/aromatic N) is 2. The molecule has 0 atom stereocenters. The van der Waals surface area contributed by atoms with Crippen molar-refractivity contribution < 1.29 is 14.5 Å². The average Bonchev–Trinajstić information content (AvgIpc) is 2.73. The van der Waals surface area contributed by atoms with Crippen molar-refractivity contribution in [2.45, 2.75) is 19.3 Å². The summed E-state index contributed by atoms with van der Waals surface area (Å²) in [5.74, 6) is -0.656. The molecule has 1 aliphatic rings. The van der Waals surface area contributed by atoms with Gasteiger partial charge >= 0.3 is 0 Å². The molecular weight excluding hydrogens is 438 g/mol. The monoisotopic (exact) mass is 457 g/mol. The predicted octanol–water partition coefficient (Wildman–Crippen LogP) is 4.14. The lowest BCUT2D eigenvalue weighted by Gasteiger charge is -2.27. The second-order valence-corrected chi connectivity index (χ2v) is 7.64. The van der Waals surface area contributed by atoms with Crippen molar-refractivity contribution in [3.63, 3.8) is 0 Å². The smallest absolute Gasteiger partial charge is 0.270 e. The third-order valence-electron chi connectivity index (χ3n) is 4.62. The van der Waals surface area contributed by atoms with E-state index in [0.29, 0.717) is 24.2 Å². The first-order valence-corrected chi connectivity index (χ1v) is 10.1. The molecule has 0 saturated carbocycles. The van der Waals surface area contributed by atoms with Crippen molar-refractivity contribution in [2.24, 2.45) is 0 Å². The Labute approximate surface area is 176 Å². The third-order valence-corrected chi connectivity index (χ3v) is 5.12. The number of carbonyl (C=O) groups is 2. The Hall–Kier alpha value is -3.00. The zero-order valence-electron chi connectivity index (χ0n) is 15.6. The van der Waals surface area contributed by atoms with E-state index >= 15 is 0 Å². The van der Waals surface area contributed by atoms with E-state index in [9.17, 15) is 19.7 Å². The quantitative estimate of drug-likeness (QED) is 0.414. The average molecular weight is 458 g/mol. The first kappa shape index (κ1) is 20.7. The predicted molar refractivity (Wildman–Crippen MR) is 113 cm³/mol. The van der Waals surface area contributed by atoms with E-state index in [4.69, 9.17) is 0 Å². The van der Waals surface area contributed by atoms with Crippen LogP contribution in [-0.4, -0.2) is 34.7 Å². The maximum Gasteiger partial charge on any atom is 0.270 e. The van der Waals surface area contributed by atoms with Gasteiger partial charge in [-0.3, -0.25) is 19.7 Å². The molecule has 2 amide bonds. The summed E-state index contributed by atoms with van der Waals surface area (Å²) >= 11 is 3.34. The molecule has 150 valence electrons. The molecule has 1 fully saturated rings. The molecule has 0 spiro atoms. The van der Waals surface area contributed by atoms with Gasteiger partial charge in [-0.15, -0.1) is 0 Å². The fourth-order valence-electron chi connectivity index (χ4n) is 3.10. The van der Waals surface area contributed by atoms with Crippen LogP contribution in [0.5, 0.6) is 0 Å². The first-order valence-electron chi connectivity index (χ1n) is 9.26.